The van der Waals surface area contributed by atoms with E-state index in [0.717, 1.165) is 38.8 Å². The predicted octanol–water partition coefficient (Wildman–Crippen LogP) is 2.28. The van der Waals surface area contributed by atoms with Crippen LogP contribution in [-0.2, 0) is 14.3 Å². The number of nitro groups is 1. The highest BCUT2D eigenvalue weighted by atomic mass is 16.6. The minimum atomic E-state index is -0.765. The lowest BCUT2D eigenvalue weighted by molar-refractivity contribution is -0.384. The van der Waals surface area contributed by atoms with Crippen LogP contribution in [0, 0.1) is 16.0 Å². The Bertz CT molecular complexity index is 763. The van der Waals surface area contributed by atoms with Crippen LogP contribution in [0.25, 0.3) is 0 Å². The molecule has 2 fully saturated rings. The minimum absolute atomic E-state index is 0.00218. The number of esters is 1. The summed E-state index contributed by atoms with van der Waals surface area (Å²) in [4.78, 5) is 37.2. The smallest absolute Gasteiger partial charge is 0.338 e. The Morgan fingerprint density at radius 3 is 2.86 bits per heavy atom. The van der Waals surface area contributed by atoms with Crippen LogP contribution in [0.4, 0.5) is 11.4 Å². The van der Waals surface area contributed by atoms with Crippen molar-refractivity contribution in [1.29, 1.82) is 0 Å². The third kappa shape index (κ3) is 5.66. The first kappa shape index (κ1) is 21.0. The fraction of sp³-hybridized carbons (Fsp3) is 0.600. The van der Waals surface area contributed by atoms with Crippen LogP contribution in [0.15, 0.2) is 18.2 Å². The Kier molecular flexibility index (Phi) is 7.03. The maximum atomic E-state index is 12.3. The van der Waals surface area contributed by atoms with Crippen LogP contribution < -0.4 is 10.2 Å². The quantitative estimate of drug-likeness (QED) is 0.421. The lowest BCUT2D eigenvalue weighted by atomic mass is 9.99. The number of hydrogen-bond donors (Lipinski definition) is 1. The molecule has 2 aliphatic heterocycles. The van der Waals surface area contributed by atoms with Crippen LogP contribution >= 0.6 is 0 Å². The molecule has 0 aliphatic carbocycles. The molecule has 1 amide bonds. The highest BCUT2D eigenvalue weighted by Crippen LogP contribution is 2.32. The highest BCUT2D eigenvalue weighted by Gasteiger charge is 2.25. The van der Waals surface area contributed by atoms with E-state index < -0.39 is 23.4 Å². The van der Waals surface area contributed by atoms with Gasteiger partial charge >= 0.3 is 5.97 Å². The van der Waals surface area contributed by atoms with Gasteiger partial charge < -0.3 is 19.7 Å². The number of nitrogens with zero attached hydrogens (tertiary/aromatic N) is 2. The second-order valence-electron chi connectivity index (χ2n) is 7.67. The van der Waals surface area contributed by atoms with Gasteiger partial charge in [0, 0.05) is 32.3 Å². The van der Waals surface area contributed by atoms with Crippen molar-refractivity contribution in [3.8, 4) is 0 Å². The van der Waals surface area contributed by atoms with E-state index in [2.05, 4.69) is 12.2 Å². The van der Waals surface area contributed by atoms with Crippen molar-refractivity contribution in [2.75, 3.05) is 37.7 Å². The summed E-state index contributed by atoms with van der Waals surface area (Å²) in [5.41, 5.74) is 0.432. The number of hydrogen-bond acceptors (Lipinski definition) is 7. The van der Waals surface area contributed by atoms with E-state index in [1.807, 2.05) is 4.90 Å². The topological polar surface area (TPSA) is 111 Å². The molecular formula is C20H27N3O6. The second kappa shape index (κ2) is 9.69. The summed E-state index contributed by atoms with van der Waals surface area (Å²) in [6, 6.07) is 4.32. The van der Waals surface area contributed by atoms with Crippen molar-refractivity contribution < 1.29 is 24.0 Å². The molecule has 1 aromatic rings. The second-order valence-corrected chi connectivity index (χ2v) is 7.67. The summed E-state index contributed by atoms with van der Waals surface area (Å²) in [5.74, 6) is -0.734. The normalized spacial score (nSPS) is 21.6. The Hall–Kier alpha value is -2.68. The molecule has 9 heteroatoms. The SMILES string of the molecule is C[C@@H]1CCCN(c2ccc(C(=O)OCC(=O)NC[C@@H]3CCCO3)cc2[N+](=O)[O-])C1. The number of carbonyl (C=O) groups excluding carboxylic acids is 2. The summed E-state index contributed by atoms with van der Waals surface area (Å²) in [7, 11) is 0. The van der Waals surface area contributed by atoms with Gasteiger partial charge in [-0.2, -0.15) is 0 Å². The molecule has 0 radical (unpaired) electrons. The Labute approximate surface area is 169 Å². The molecule has 3 rings (SSSR count). The number of rotatable bonds is 7. The number of nitro benzene ring substituents is 1. The first-order valence-electron chi connectivity index (χ1n) is 10.0. The number of benzene rings is 1. The van der Waals surface area contributed by atoms with Crippen molar-refractivity contribution in [3.05, 3.63) is 33.9 Å². The van der Waals surface area contributed by atoms with Crippen molar-refractivity contribution >= 4 is 23.3 Å². The molecule has 1 N–H and O–H groups in total. The van der Waals surface area contributed by atoms with Gasteiger partial charge in [0.2, 0.25) is 0 Å². The van der Waals surface area contributed by atoms with Crippen LogP contribution in [0.3, 0.4) is 0 Å². The number of nitrogens with one attached hydrogen (secondary N) is 1. The number of amides is 1. The monoisotopic (exact) mass is 405 g/mol. The number of anilines is 1. The van der Waals surface area contributed by atoms with Crippen LogP contribution in [0.2, 0.25) is 0 Å². The molecule has 29 heavy (non-hydrogen) atoms. The summed E-state index contributed by atoms with van der Waals surface area (Å²) in [6.07, 6.45) is 3.95. The number of ether oxygens (including phenoxy) is 2. The standard InChI is InChI=1S/C20H27N3O6/c1-14-4-2-8-22(12-14)17-7-6-15(10-18(17)23(26)27)20(25)29-13-19(24)21-11-16-5-3-9-28-16/h6-7,10,14,16H,2-5,8-9,11-13H2,1H3,(H,21,24)/t14-,16+/m1/s1. The Morgan fingerprint density at radius 1 is 1.34 bits per heavy atom. The molecule has 2 heterocycles. The number of piperidine rings is 1. The van der Waals surface area contributed by atoms with E-state index in [4.69, 9.17) is 9.47 Å². The van der Waals surface area contributed by atoms with Crippen molar-refractivity contribution in [2.45, 2.75) is 38.7 Å². The maximum absolute atomic E-state index is 12.3. The maximum Gasteiger partial charge on any atom is 0.338 e. The fourth-order valence-electron chi connectivity index (χ4n) is 3.77. The Morgan fingerprint density at radius 2 is 2.17 bits per heavy atom. The molecule has 2 atom stereocenters. The molecule has 0 spiro atoms. The van der Waals surface area contributed by atoms with Gasteiger partial charge in [-0.15, -0.1) is 0 Å². The zero-order valence-electron chi connectivity index (χ0n) is 16.6. The summed E-state index contributed by atoms with van der Waals surface area (Å²) in [5, 5.41) is 14.2. The molecule has 0 aromatic heterocycles. The van der Waals surface area contributed by atoms with Crippen LogP contribution in [0.1, 0.15) is 43.0 Å². The average molecular weight is 405 g/mol. The van der Waals surface area contributed by atoms with E-state index in [0.29, 0.717) is 24.8 Å². The van der Waals surface area contributed by atoms with E-state index >= 15 is 0 Å². The van der Waals surface area contributed by atoms with Gasteiger partial charge in [-0.25, -0.2) is 4.79 Å². The number of carbonyl (C=O) groups is 2. The van der Waals surface area contributed by atoms with Gasteiger partial charge in [0.05, 0.1) is 16.6 Å². The molecular weight excluding hydrogens is 378 g/mol. The molecule has 0 saturated carbocycles. The van der Waals surface area contributed by atoms with E-state index in [1.165, 1.54) is 12.1 Å². The van der Waals surface area contributed by atoms with Crippen LogP contribution in [-0.4, -0.2) is 55.8 Å². The van der Waals surface area contributed by atoms with E-state index in [1.54, 1.807) is 6.07 Å². The summed E-state index contributed by atoms with van der Waals surface area (Å²) < 4.78 is 10.4. The van der Waals surface area contributed by atoms with Gasteiger partial charge in [-0.3, -0.25) is 14.9 Å². The van der Waals surface area contributed by atoms with Gasteiger partial charge in [0.25, 0.3) is 11.6 Å². The lowest BCUT2D eigenvalue weighted by Crippen LogP contribution is -2.35. The molecule has 0 bridgehead atoms. The zero-order valence-corrected chi connectivity index (χ0v) is 16.6. The fourth-order valence-corrected chi connectivity index (χ4v) is 3.77. The van der Waals surface area contributed by atoms with Gasteiger partial charge in [0.15, 0.2) is 6.61 Å². The van der Waals surface area contributed by atoms with Crippen molar-refractivity contribution in [3.63, 3.8) is 0 Å². The van der Waals surface area contributed by atoms with E-state index in [-0.39, 0.29) is 17.4 Å². The molecule has 0 unspecified atom stereocenters. The van der Waals surface area contributed by atoms with Crippen molar-refractivity contribution in [1.82, 2.24) is 5.32 Å². The molecule has 2 saturated heterocycles. The first-order chi connectivity index (χ1) is 13.9. The predicted molar refractivity (Wildman–Crippen MR) is 106 cm³/mol. The zero-order chi connectivity index (χ0) is 20.8. The van der Waals surface area contributed by atoms with Gasteiger partial charge in [-0.1, -0.05) is 6.92 Å². The largest absolute Gasteiger partial charge is 0.452 e. The minimum Gasteiger partial charge on any atom is -0.452 e. The van der Waals surface area contributed by atoms with E-state index in [9.17, 15) is 19.7 Å². The highest BCUT2D eigenvalue weighted by molar-refractivity contribution is 5.93. The Balaban J connectivity index is 1.59. The molecule has 158 valence electrons. The average Bonchev–Trinajstić information content (AvgIpc) is 3.23. The molecule has 2 aliphatic rings. The van der Waals surface area contributed by atoms with Gasteiger partial charge in [0.1, 0.15) is 5.69 Å². The van der Waals surface area contributed by atoms with Crippen LogP contribution in [0.5, 0.6) is 0 Å². The lowest BCUT2D eigenvalue weighted by Gasteiger charge is -2.32. The third-order valence-corrected chi connectivity index (χ3v) is 5.29. The first-order valence-corrected chi connectivity index (χ1v) is 10.0. The third-order valence-electron chi connectivity index (χ3n) is 5.29. The summed E-state index contributed by atoms with van der Waals surface area (Å²) >= 11 is 0. The molecule has 1 aromatic carbocycles. The van der Waals surface area contributed by atoms with Crippen molar-refractivity contribution in [2.24, 2.45) is 5.92 Å². The molecule has 9 nitrogen and oxygen atoms in total. The van der Waals surface area contributed by atoms with Gasteiger partial charge in [-0.05, 0) is 43.7 Å². The summed E-state index contributed by atoms with van der Waals surface area (Å²) in [6.45, 7) is 4.25.